The van der Waals surface area contributed by atoms with Crippen LogP contribution in [0.15, 0.2) is 0 Å². The van der Waals surface area contributed by atoms with Crippen molar-refractivity contribution >= 4 is 11.8 Å². The van der Waals surface area contributed by atoms with Crippen molar-refractivity contribution in [1.82, 2.24) is 0 Å². The Morgan fingerprint density at radius 2 is 1.89 bits per heavy atom. The second-order valence-electron chi connectivity index (χ2n) is 5.13. The smallest absolute Gasteiger partial charge is 0.345 e. The third kappa shape index (κ3) is 5.70. The normalized spacial score (nSPS) is 17.4. The first kappa shape index (κ1) is 18.1. The lowest BCUT2D eigenvalue weighted by molar-refractivity contribution is -0.172. The van der Waals surface area contributed by atoms with Crippen molar-refractivity contribution in [2.45, 2.75) is 65.1 Å². The summed E-state index contributed by atoms with van der Waals surface area (Å²) < 4.78 is 5.01. The van der Waals surface area contributed by atoms with E-state index in [4.69, 9.17) is 9.84 Å². The summed E-state index contributed by atoms with van der Waals surface area (Å²) in [6, 6.07) is 0. The number of esters is 1. The van der Waals surface area contributed by atoms with E-state index in [2.05, 4.69) is 6.92 Å². The van der Waals surface area contributed by atoms with Crippen LogP contribution in [0.1, 0.15) is 53.4 Å². The van der Waals surface area contributed by atoms with Gasteiger partial charge in [-0.25, -0.2) is 4.79 Å². The summed E-state index contributed by atoms with van der Waals surface area (Å²) >= 11 is 0. The van der Waals surface area contributed by atoms with Gasteiger partial charge in [-0.15, -0.1) is 0 Å². The zero-order valence-electron chi connectivity index (χ0n) is 12.3. The molecule has 0 aromatic rings. The van der Waals surface area contributed by atoms with Crippen LogP contribution in [0.4, 0.5) is 0 Å². The zero-order valence-corrected chi connectivity index (χ0v) is 12.3. The minimum atomic E-state index is -2.28. The topological polar surface area (TPSA) is 83.8 Å². The van der Waals surface area contributed by atoms with Crippen LogP contribution in [0, 0.1) is 5.92 Å². The molecule has 0 radical (unpaired) electrons. The fourth-order valence-electron chi connectivity index (χ4n) is 1.74. The molecule has 0 bridgehead atoms. The molecule has 5 nitrogen and oxygen atoms in total. The lowest BCUT2D eigenvalue weighted by Crippen LogP contribution is -2.49. The quantitative estimate of drug-likeness (QED) is 0.491. The molecule has 2 N–H and O–H groups in total. The number of carbonyl (C=O) groups is 2. The lowest BCUT2D eigenvalue weighted by atomic mass is 9.97. The molecule has 0 aliphatic carbocycles. The van der Waals surface area contributed by atoms with Gasteiger partial charge in [-0.1, -0.05) is 33.1 Å². The summed E-state index contributed by atoms with van der Waals surface area (Å²) in [5.41, 5.74) is -2.28. The fraction of sp³-hybridized carbons (Fsp3) is 0.857. The maximum Gasteiger partial charge on any atom is 0.345 e. The highest BCUT2D eigenvalue weighted by atomic mass is 16.6. The minimum absolute atomic E-state index is 0.193. The molecule has 0 aliphatic rings. The number of aliphatic hydroxyl groups is 2. The van der Waals surface area contributed by atoms with Gasteiger partial charge in [0.25, 0.3) is 0 Å². The van der Waals surface area contributed by atoms with E-state index in [-0.39, 0.29) is 12.5 Å². The molecule has 5 heteroatoms. The highest BCUT2D eigenvalue weighted by Gasteiger charge is 2.42. The van der Waals surface area contributed by atoms with Gasteiger partial charge in [-0.05, 0) is 26.2 Å². The van der Waals surface area contributed by atoms with Gasteiger partial charge >= 0.3 is 5.97 Å². The molecule has 0 aromatic heterocycles. The lowest BCUT2D eigenvalue weighted by Gasteiger charge is -2.23. The maximum atomic E-state index is 11.7. The second kappa shape index (κ2) is 8.27. The monoisotopic (exact) mass is 274 g/mol. The third-order valence-electron chi connectivity index (χ3n) is 3.25. The van der Waals surface area contributed by atoms with Gasteiger partial charge in [0.2, 0.25) is 11.4 Å². The first-order valence-corrected chi connectivity index (χ1v) is 6.89. The van der Waals surface area contributed by atoms with Crippen LogP contribution < -0.4 is 0 Å². The Morgan fingerprint density at radius 1 is 1.32 bits per heavy atom. The van der Waals surface area contributed by atoms with E-state index < -0.39 is 23.5 Å². The first-order valence-electron chi connectivity index (χ1n) is 6.89. The van der Waals surface area contributed by atoms with Gasteiger partial charge in [-0.3, -0.25) is 4.79 Å². The number of Topliss-reactive ketones (excluding diaryl/α,β-unsaturated/α-hetero) is 1. The molecule has 0 heterocycles. The van der Waals surface area contributed by atoms with Crippen molar-refractivity contribution in [3.8, 4) is 0 Å². The Hall–Kier alpha value is -0.940. The fourth-order valence-corrected chi connectivity index (χ4v) is 1.74. The van der Waals surface area contributed by atoms with Gasteiger partial charge in [0, 0.05) is 0 Å². The highest BCUT2D eigenvalue weighted by molar-refractivity contribution is 6.08. The predicted octanol–water partition coefficient (Wildman–Crippen LogP) is 1.45. The summed E-state index contributed by atoms with van der Waals surface area (Å²) in [4.78, 5) is 23.2. The summed E-state index contributed by atoms with van der Waals surface area (Å²) in [7, 11) is 0. The van der Waals surface area contributed by atoms with E-state index in [1.54, 1.807) is 0 Å². The Kier molecular flexibility index (Phi) is 7.87. The molecule has 19 heavy (non-hydrogen) atoms. The number of rotatable bonds is 9. The van der Waals surface area contributed by atoms with Crippen molar-refractivity contribution in [3.05, 3.63) is 0 Å². The number of ketones is 1. The van der Waals surface area contributed by atoms with Crippen molar-refractivity contribution in [2.24, 2.45) is 5.92 Å². The summed E-state index contributed by atoms with van der Waals surface area (Å²) in [6.07, 6.45) is 2.55. The number of aliphatic hydroxyl groups excluding tert-OH is 1. The average molecular weight is 274 g/mol. The molecule has 0 spiro atoms. The van der Waals surface area contributed by atoms with Crippen LogP contribution in [0.3, 0.4) is 0 Å². The molecule has 3 atom stereocenters. The predicted molar refractivity (Wildman–Crippen MR) is 71.6 cm³/mol. The summed E-state index contributed by atoms with van der Waals surface area (Å²) in [5.74, 6) is -1.70. The summed E-state index contributed by atoms with van der Waals surface area (Å²) in [5, 5.41) is 18.9. The molecule has 0 aromatic carbocycles. The molecule has 0 rings (SSSR count). The standard InChI is InChI=1S/C14H26O5/c1-5-7-8-11(6-2)9-19-13(17)14(4,18)12(16)10(3)15/h10-11,15,18H,5-9H2,1-4H3. The molecular formula is C14H26O5. The van der Waals surface area contributed by atoms with E-state index in [1.807, 2.05) is 6.92 Å². The van der Waals surface area contributed by atoms with Gasteiger partial charge in [-0.2, -0.15) is 0 Å². The van der Waals surface area contributed by atoms with Crippen LogP contribution in [0.2, 0.25) is 0 Å². The van der Waals surface area contributed by atoms with Gasteiger partial charge < -0.3 is 14.9 Å². The van der Waals surface area contributed by atoms with Gasteiger partial charge in [0.15, 0.2) is 0 Å². The van der Waals surface area contributed by atoms with Gasteiger partial charge in [0.1, 0.15) is 6.10 Å². The van der Waals surface area contributed by atoms with Gasteiger partial charge in [0.05, 0.1) is 6.61 Å². The second-order valence-corrected chi connectivity index (χ2v) is 5.13. The number of unbranched alkanes of at least 4 members (excludes halogenated alkanes) is 1. The van der Waals surface area contributed by atoms with Crippen molar-refractivity contribution < 1.29 is 24.5 Å². The minimum Gasteiger partial charge on any atom is -0.463 e. The van der Waals surface area contributed by atoms with Crippen LogP contribution in [0.5, 0.6) is 0 Å². The van der Waals surface area contributed by atoms with Crippen molar-refractivity contribution in [3.63, 3.8) is 0 Å². The SMILES string of the molecule is CCCCC(CC)COC(=O)C(C)(O)C(=O)C(C)O. The third-order valence-corrected chi connectivity index (χ3v) is 3.25. The largest absolute Gasteiger partial charge is 0.463 e. The van der Waals surface area contributed by atoms with Crippen LogP contribution in [0.25, 0.3) is 0 Å². The first-order chi connectivity index (χ1) is 8.77. The van der Waals surface area contributed by atoms with E-state index in [0.717, 1.165) is 32.6 Å². The molecule has 0 amide bonds. The van der Waals surface area contributed by atoms with E-state index in [9.17, 15) is 14.7 Å². The molecule has 0 aliphatic heterocycles. The Morgan fingerprint density at radius 3 is 2.32 bits per heavy atom. The van der Waals surface area contributed by atoms with Crippen molar-refractivity contribution in [2.75, 3.05) is 6.61 Å². The number of hydrogen-bond donors (Lipinski definition) is 2. The van der Waals surface area contributed by atoms with Crippen LogP contribution in [-0.4, -0.2) is 40.3 Å². The molecule has 0 saturated heterocycles. The Labute approximate surface area is 115 Å². The summed E-state index contributed by atoms with van der Waals surface area (Å²) in [6.45, 7) is 6.55. The molecule has 0 fully saturated rings. The Bertz CT molecular complexity index is 296. The van der Waals surface area contributed by atoms with E-state index in [0.29, 0.717) is 0 Å². The molecule has 112 valence electrons. The van der Waals surface area contributed by atoms with E-state index >= 15 is 0 Å². The molecular weight excluding hydrogens is 248 g/mol. The van der Waals surface area contributed by atoms with Crippen LogP contribution >= 0.6 is 0 Å². The zero-order chi connectivity index (χ0) is 15.1. The van der Waals surface area contributed by atoms with E-state index in [1.165, 1.54) is 6.92 Å². The number of carbonyl (C=O) groups excluding carboxylic acids is 2. The van der Waals surface area contributed by atoms with Crippen molar-refractivity contribution in [1.29, 1.82) is 0 Å². The number of ether oxygens (including phenoxy) is 1. The van der Waals surface area contributed by atoms with Crippen LogP contribution in [-0.2, 0) is 14.3 Å². The maximum absolute atomic E-state index is 11.7. The molecule has 0 saturated carbocycles. The Balaban J connectivity index is 4.39. The average Bonchev–Trinajstić information content (AvgIpc) is 2.37. The molecule has 3 unspecified atom stereocenters. The highest BCUT2D eigenvalue weighted by Crippen LogP contribution is 2.16. The number of hydrogen-bond acceptors (Lipinski definition) is 5.